The number of hydrogen-bond donors (Lipinski definition) is 2. The highest BCUT2D eigenvalue weighted by atomic mass is 16.5. The number of H-pyrrole nitrogens is 1. The van der Waals surface area contributed by atoms with Gasteiger partial charge in [-0.25, -0.2) is 4.98 Å². The van der Waals surface area contributed by atoms with Crippen molar-refractivity contribution in [2.75, 3.05) is 11.9 Å². The van der Waals surface area contributed by atoms with Gasteiger partial charge in [0, 0.05) is 35.6 Å². The molecule has 1 amide bonds. The van der Waals surface area contributed by atoms with Crippen LogP contribution in [0.4, 0.5) is 5.69 Å². The number of carbonyl (C=O) groups is 1. The first-order valence-corrected chi connectivity index (χ1v) is 11.3. The average Bonchev–Trinajstić information content (AvgIpc) is 2.86. The van der Waals surface area contributed by atoms with E-state index in [9.17, 15) is 9.59 Å². The van der Waals surface area contributed by atoms with E-state index in [0.29, 0.717) is 40.9 Å². The molecule has 0 bridgehead atoms. The molecule has 8 nitrogen and oxygen atoms in total. The predicted molar refractivity (Wildman–Crippen MR) is 134 cm³/mol. The Balaban J connectivity index is 1.41. The Kier molecular flexibility index (Phi) is 7.52. The van der Waals surface area contributed by atoms with E-state index in [0.717, 1.165) is 11.3 Å². The molecule has 178 valence electrons. The summed E-state index contributed by atoms with van der Waals surface area (Å²) in [6.07, 6.45) is 3.66. The number of para-hydroxylation sites is 2. The maximum atomic E-state index is 12.7. The van der Waals surface area contributed by atoms with E-state index in [1.165, 1.54) is 0 Å². The van der Waals surface area contributed by atoms with Crippen LogP contribution in [-0.2, 0) is 11.2 Å². The molecule has 2 heterocycles. The molecule has 0 atom stereocenters. The second-order valence-electron chi connectivity index (χ2n) is 7.77. The van der Waals surface area contributed by atoms with Crippen molar-refractivity contribution in [3.05, 3.63) is 94.7 Å². The van der Waals surface area contributed by atoms with Gasteiger partial charge in [0.1, 0.15) is 17.3 Å². The number of aromatic amines is 1. The Labute approximate surface area is 203 Å². The van der Waals surface area contributed by atoms with Gasteiger partial charge in [-0.2, -0.15) is 0 Å². The summed E-state index contributed by atoms with van der Waals surface area (Å²) in [7, 11) is 0. The summed E-state index contributed by atoms with van der Waals surface area (Å²) < 4.78 is 11.4. The summed E-state index contributed by atoms with van der Waals surface area (Å²) in [5.41, 5.74) is 2.14. The third-order valence-corrected chi connectivity index (χ3v) is 5.30. The molecule has 0 aliphatic heterocycles. The fourth-order valence-electron chi connectivity index (χ4n) is 3.56. The molecule has 0 fully saturated rings. The van der Waals surface area contributed by atoms with Crippen LogP contribution in [0, 0.1) is 6.92 Å². The van der Waals surface area contributed by atoms with Crippen LogP contribution in [0.1, 0.15) is 24.6 Å². The van der Waals surface area contributed by atoms with Crippen molar-refractivity contribution in [1.29, 1.82) is 0 Å². The lowest BCUT2D eigenvalue weighted by molar-refractivity contribution is -0.116. The molecule has 0 radical (unpaired) electrons. The van der Waals surface area contributed by atoms with Crippen LogP contribution in [0.3, 0.4) is 0 Å². The van der Waals surface area contributed by atoms with Crippen molar-refractivity contribution in [2.24, 2.45) is 0 Å². The van der Waals surface area contributed by atoms with Gasteiger partial charge >= 0.3 is 0 Å². The molecule has 2 aromatic carbocycles. The van der Waals surface area contributed by atoms with Gasteiger partial charge in [-0.1, -0.05) is 12.1 Å². The lowest BCUT2D eigenvalue weighted by Crippen LogP contribution is -2.20. The molecule has 0 saturated carbocycles. The average molecular weight is 471 g/mol. The number of ether oxygens (including phenoxy) is 2. The number of aromatic nitrogens is 3. The number of pyridine rings is 1. The van der Waals surface area contributed by atoms with Crippen molar-refractivity contribution >= 4 is 11.6 Å². The minimum Gasteiger partial charge on any atom is -0.494 e. The van der Waals surface area contributed by atoms with Crippen LogP contribution in [0.15, 0.2) is 77.9 Å². The first kappa shape index (κ1) is 23.7. The largest absolute Gasteiger partial charge is 0.494 e. The molecule has 35 heavy (non-hydrogen) atoms. The number of carbonyl (C=O) groups excluding carboxylic acids is 1. The van der Waals surface area contributed by atoms with E-state index >= 15 is 0 Å². The molecule has 2 N–H and O–H groups in total. The van der Waals surface area contributed by atoms with Crippen LogP contribution in [-0.4, -0.2) is 27.5 Å². The summed E-state index contributed by atoms with van der Waals surface area (Å²) in [4.78, 5) is 36.6. The lowest BCUT2D eigenvalue weighted by atomic mass is 10.1. The number of nitrogens with one attached hydrogen (secondary N) is 2. The SMILES string of the molecule is CCOc1ccc(Oc2ccccc2NC(=O)CCc2c(C)nc(-c3ccncc3)[nH]c2=O)cc1. The zero-order valence-electron chi connectivity index (χ0n) is 19.6. The van der Waals surface area contributed by atoms with Crippen molar-refractivity contribution < 1.29 is 14.3 Å². The summed E-state index contributed by atoms with van der Waals surface area (Å²) in [5.74, 6) is 2.14. The van der Waals surface area contributed by atoms with Crippen molar-refractivity contribution in [3.63, 3.8) is 0 Å². The number of rotatable bonds is 9. The Morgan fingerprint density at radius 1 is 1.00 bits per heavy atom. The molecule has 0 unspecified atom stereocenters. The van der Waals surface area contributed by atoms with Gasteiger partial charge in [0.15, 0.2) is 5.75 Å². The minimum absolute atomic E-state index is 0.123. The molecule has 4 aromatic rings. The van der Waals surface area contributed by atoms with E-state index < -0.39 is 0 Å². The maximum absolute atomic E-state index is 12.7. The van der Waals surface area contributed by atoms with Gasteiger partial charge < -0.3 is 19.8 Å². The monoisotopic (exact) mass is 470 g/mol. The van der Waals surface area contributed by atoms with Crippen molar-refractivity contribution in [3.8, 4) is 28.6 Å². The normalized spacial score (nSPS) is 10.6. The fourth-order valence-corrected chi connectivity index (χ4v) is 3.56. The number of nitrogens with zero attached hydrogens (tertiary/aromatic N) is 2. The number of amides is 1. The molecule has 0 saturated heterocycles. The zero-order valence-corrected chi connectivity index (χ0v) is 19.6. The van der Waals surface area contributed by atoms with Crippen LogP contribution in [0.2, 0.25) is 0 Å². The highest BCUT2D eigenvalue weighted by Gasteiger charge is 2.13. The first-order chi connectivity index (χ1) is 17.0. The van der Waals surface area contributed by atoms with Gasteiger partial charge in [0.25, 0.3) is 5.56 Å². The van der Waals surface area contributed by atoms with Gasteiger partial charge in [0.2, 0.25) is 5.91 Å². The number of hydrogen-bond acceptors (Lipinski definition) is 6. The van der Waals surface area contributed by atoms with E-state index in [4.69, 9.17) is 9.47 Å². The number of aryl methyl sites for hydroxylation is 1. The molecule has 2 aromatic heterocycles. The van der Waals surface area contributed by atoms with E-state index in [1.54, 1.807) is 55.7 Å². The quantitative estimate of drug-likeness (QED) is 0.360. The Hall–Kier alpha value is -4.46. The predicted octanol–water partition coefficient (Wildman–Crippen LogP) is 4.90. The second-order valence-corrected chi connectivity index (χ2v) is 7.77. The highest BCUT2D eigenvalue weighted by Crippen LogP contribution is 2.30. The van der Waals surface area contributed by atoms with Crippen molar-refractivity contribution in [2.45, 2.75) is 26.7 Å². The van der Waals surface area contributed by atoms with Gasteiger partial charge in [-0.05, 0) is 68.8 Å². The van der Waals surface area contributed by atoms with Gasteiger partial charge in [-0.3, -0.25) is 14.6 Å². The summed E-state index contributed by atoms with van der Waals surface area (Å²) in [6.45, 7) is 4.29. The number of benzene rings is 2. The Morgan fingerprint density at radius 2 is 1.71 bits per heavy atom. The maximum Gasteiger partial charge on any atom is 0.254 e. The van der Waals surface area contributed by atoms with Gasteiger partial charge in [-0.15, -0.1) is 0 Å². The van der Waals surface area contributed by atoms with E-state index in [2.05, 4.69) is 20.3 Å². The fraction of sp³-hybridized carbons (Fsp3) is 0.185. The third kappa shape index (κ3) is 6.11. The van der Waals surface area contributed by atoms with Crippen LogP contribution >= 0.6 is 0 Å². The summed E-state index contributed by atoms with van der Waals surface area (Å²) >= 11 is 0. The minimum atomic E-state index is -0.253. The summed E-state index contributed by atoms with van der Waals surface area (Å²) in [5, 5.41) is 2.88. The zero-order chi connectivity index (χ0) is 24.6. The van der Waals surface area contributed by atoms with Crippen LogP contribution < -0.4 is 20.3 Å². The van der Waals surface area contributed by atoms with E-state index in [1.807, 2.05) is 31.2 Å². The molecule has 8 heteroatoms. The number of anilines is 1. The lowest BCUT2D eigenvalue weighted by Gasteiger charge is -2.13. The topological polar surface area (TPSA) is 106 Å². The molecule has 0 aliphatic rings. The Bertz CT molecular complexity index is 1350. The Morgan fingerprint density at radius 3 is 2.43 bits per heavy atom. The highest BCUT2D eigenvalue weighted by molar-refractivity contribution is 5.92. The summed E-state index contributed by atoms with van der Waals surface area (Å²) in [6, 6.07) is 18.0. The van der Waals surface area contributed by atoms with E-state index in [-0.39, 0.29) is 24.3 Å². The second kappa shape index (κ2) is 11.1. The molecular weight excluding hydrogens is 444 g/mol. The van der Waals surface area contributed by atoms with Crippen LogP contribution in [0.25, 0.3) is 11.4 Å². The van der Waals surface area contributed by atoms with Crippen LogP contribution in [0.5, 0.6) is 17.2 Å². The standard InChI is InChI=1S/C27H26N4O4/c1-3-34-20-8-10-21(11-9-20)35-24-7-5-4-6-23(24)30-25(32)13-12-22-18(2)29-26(31-27(22)33)19-14-16-28-17-15-19/h4-11,14-17H,3,12-13H2,1-2H3,(H,30,32)(H,29,31,33). The molecule has 4 rings (SSSR count). The first-order valence-electron chi connectivity index (χ1n) is 11.3. The van der Waals surface area contributed by atoms with Crippen molar-refractivity contribution in [1.82, 2.24) is 15.0 Å². The smallest absolute Gasteiger partial charge is 0.254 e. The third-order valence-electron chi connectivity index (χ3n) is 5.30. The van der Waals surface area contributed by atoms with Gasteiger partial charge in [0.05, 0.1) is 12.3 Å². The molecule has 0 spiro atoms. The molecule has 0 aliphatic carbocycles. The molecular formula is C27H26N4O4.